The highest BCUT2D eigenvalue weighted by molar-refractivity contribution is 7.31. The molecule has 3 aromatic rings. The quantitative estimate of drug-likeness (QED) is 0.550. The Morgan fingerprint density at radius 3 is 3.25 bits per heavy atom. The van der Waals surface area contributed by atoms with Gasteiger partial charge in [-0.1, -0.05) is 0 Å². The molecule has 3 aromatic heterocycles. The first-order chi connectivity index (χ1) is 5.95. The van der Waals surface area contributed by atoms with E-state index in [9.17, 15) is 0 Å². The van der Waals surface area contributed by atoms with E-state index in [-0.39, 0.29) is 0 Å². The molecule has 5 heteroatoms. The van der Waals surface area contributed by atoms with Crippen molar-refractivity contribution in [1.82, 2.24) is 15.0 Å². The van der Waals surface area contributed by atoms with Gasteiger partial charge in [0.05, 0.1) is 14.9 Å². The molecule has 0 aromatic carbocycles. The monoisotopic (exact) mass is 193 g/mol. The van der Waals surface area contributed by atoms with Gasteiger partial charge in [0.15, 0.2) is 0 Å². The lowest BCUT2D eigenvalue weighted by Crippen LogP contribution is -1.72. The first-order valence-electron chi connectivity index (χ1n) is 3.37. The lowest BCUT2D eigenvalue weighted by Gasteiger charge is -1.82. The third-order valence-corrected chi connectivity index (χ3v) is 3.62. The highest BCUT2D eigenvalue weighted by Crippen LogP contribution is 2.33. The van der Waals surface area contributed by atoms with Gasteiger partial charge in [0.25, 0.3) is 0 Å². The number of fused-ring (bicyclic) bond motifs is 3. The van der Waals surface area contributed by atoms with Crippen LogP contribution in [0.4, 0.5) is 0 Å². The maximum absolute atomic E-state index is 4.23. The van der Waals surface area contributed by atoms with Gasteiger partial charge < -0.3 is 0 Å². The summed E-state index contributed by atoms with van der Waals surface area (Å²) in [6.07, 6.45) is 3.41. The van der Waals surface area contributed by atoms with E-state index in [1.165, 1.54) is 4.70 Å². The third-order valence-electron chi connectivity index (χ3n) is 1.64. The summed E-state index contributed by atoms with van der Waals surface area (Å²) in [7, 11) is 0. The molecule has 0 radical (unpaired) electrons. The molecule has 0 fully saturated rings. The zero-order chi connectivity index (χ0) is 7.97. The minimum Gasteiger partial charge on any atom is -0.243 e. The predicted octanol–water partition coefficient (Wildman–Crippen LogP) is 2.30. The van der Waals surface area contributed by atoms with Crippen LogP contribution in [0.25, 0.3) is 19.7 Å². The van der Waals surface area contributed by atoms with Gasteiger partial charge in [0.2, 0.25) is 0 Å². The normalized spacial score (nSPS) is 11.3. The average molecular weight is 193 g/mol. The fourth-order valence-corrected chi connectivity index (χ4v) is 3.09. The van der Waals surface area contributed by atoms with Crippen molar-refractivity contribution in [2.75, 3.05) is 0 Å². The number of aromatic nitrogens is 3. The maximum atomic E-state index is 4.23. The minimum atomic E-state index is 1.03. The Morgan fingerprint density at radius 2 is 2.25 bits per heavy atom. The van der Waals surface area contributed by atoms with Crippen LogP contribution >= 0.6 is 22.7 Å². The summed E-state index contributed by atoms with van der Waals surface area (Å²) >= 11 is 3.28. The van der Waals surface area contributed by atoms with Crippen molar-refractivity contribution in [3.8, 4) is 0 Å². The van der Waals surface area contributed by atoms with Gasteiger partial charge in [-0.05, 0) is 0 Å². The molecule has 0 bridgehead atoms. The molecular weight excluding hydrogens is 190 g/mol. The number of thiophene rings is 1. The number of hydrogen-bond donors (Lipinski definition) is 0. The molecule has 0 aliphatic carbocycles. The fraction of sp³-hybridized carbons (Fsp3) is 0. The molecule has 3 rings (SSSR count). The molecule has 0 aliphatic rings. The van der Waals surface area contributed by atoms with Crippen molar-refractivity contribution in [3.05, 3.63) is 18.0 Å². The van der Waals surface area contributed by atoms with Gasteiger partial charge in [0, 0.05) is 6.20 Å². The van der Waals surface area contributed by atoms with E-state index in [4.69, 9.17) is 0 Å². The maximum Gasteiger partial charge on any atom is 0.137 e. The van der Waals surface area contributed by atoms with Crippen LogP contribution in [0.15, 0.2) is 18.0 Å². The second-order valence-corrected chi connectivity index (χ2v) is 4.21. The Labute approximate surface area is 75.7 Å². The number of nitrogens with zero attached hydrogens (tertiary/aromatic N) is 3. The highest BCUT2D eigenvalue weighted by Gasteiger charge is 2.06. The summed E-state index contributed by atoms with van der Waals surface area (Å²) in [6, 6.07) is 0. The zero-order valence-electron chi connectivity index (χ0n) is 5.89. The summed E-state index contributed by atoms with van der Waals surface area (Å²) in [5, 5.41) is 0. The molecule has 0 saturated carbocycles. The van der Waals surface area contributed by atoms with Gasteiger partial charge in [-0.2, -0.15) is 0 Å². The van der Waals surface area contributed by atoms with E-state index < -0.39 is 0 Å². The van der Waals surface area contributed by atoms with Crippen LogP contribution in [0.5, 0.6) is 0 Å². The van der Waals surface area contributed by atoms with Crippen molar-refractivity contribution in [2.45, 2.75) is 0 Å². The van der Waals surface area contributed by atoms with Crippen LogP contribution in [0.1, 0.15) is 0 Å². The molecule has 58 valence electrons. The van der Waals surface area contributed by atoms with Crippen LogP contribution in [-0.2, 0) is 0 Å². The zero-order valence-corrected chi connectivity index (χ0v) is 7.52. The summed E-state index contributed by atoms with van der Waals surface area (Å²) in [6.45, 7) is 0. The lowest BCUT2D eigenvalue weighted by atomic mass is 10.5. The molecule has 12 heavy (non-hydrogen) atoms. The summed E-state index contributed by atoms with van der Waals surface area (Å²) in [5.41, 5.74) is 2.88. The van der Waals surface area contributed by atoms with Gasteiger partial charge in [-0.3, -0.25) is 0 Å². The first-order valence-corrected chi connectivity index (χ1v) is 5.06. The van der Waals surface area contributed by atoms with Gasteiger partial charge in [0.1, 0.15) is 16.7 Å². The van der Waals surface area contributed by atoms with Crippen molar-refractivity contribution in [3.63, 3.8) is 0 Å². The average Bonchev–Trinajstić information content (AvgIpc) is 2.62. The summed E-state index contributed by atoms with van der Waals surface area (Å²) in [5.74, 6) is 0. The van der Waals surface area contributed by atoms with E-state index in [1.807, 2.05) is 11.7 Å². The van der Waals surface area contributed by atoms with E-state index in [0.29, 0.717) is 0 Å². The van der Waals surface area contributed by atoms with Crippen LogP contribution in [0.2, 0.25) is 0 Å². The topological polar surface area (TPSA) is 38.7 Å². The van der Waals surface area contributed by atoms with E-state index >= 15 is 0 Å². The van der Waals surface area contributed by atoms with Crippen LogP contribution in [-0.4, -0.2) is 15.0 Å². The molecule has 3 heterocycles. The van der Waals surface area contributed by atoms with Gasteiger partial charge >= 0.3 is 0 Å². The van der Waals surface area contributed by atoms with Crippen molar-refractivity contribution >= 4 is 42.4 Å². The van der Waals surface area contributed by atoms with Crippen LogP contribution < -0.4 is 0 Å². The van der Waals surface area contributed by atoms with Crippen LogP contribution in [0, 0.1) is 0 Å². The predicted molar refractivity (Wildman–Crippen MR) is 50.6 cm³/mol. The second-order valence-electron chi connectivity index (χ2n) is 2.32. The molecule has 0 aliphatic heterocycles. The molecule has 3 nitrogen and oxygen atoms in total. The SMILES string of the molecule is c1ncc2sc3ncsc3c2n1. The highest BCUT2D eigenvalue weighted by atomic mass is 32.1. The lowest BCUT2D eigenvalue weighted by molar-refractivity contribution is 1.23. The van der Waals surface area contributed by atoms with E-state index in [2.05, 4.69) is 15.0 Å². The third kappa shape index (κ3) is 0.720. The van der Waals surface area contributed by atoms with E-state index in [0.717, 1.165) is 15.0 Å². The Hall–Kier alpha value is -1.07. The largest absolute Gasteiger partial charge is 0.243 e. The molecule has 0 unspecified atom stereocenters. The smallest absolute Gasteiger partial charge is 0.137 e. The van der Waals surface area contributed by atoms with Gasteiger partial charge in [-0.15, -0.1) is 22.7 Å². The number of hydrogen-bond acceptors (Lipinski definition) is 5. The van der Waals surface area contributed by atoms with E-state index in [1.54, 1.807) is 29.0 Å². The molecule has 0 spiro atoms. The van der Waals surface area contributed by atoms with Crippen molar-refractivity contribution in [1.29, 1.82) is 0 Å². The standard InChI is InChI=1S/C7H3N3S2/c1-4-5(9-2-8-1)6-7(12-4)10-3-11-6/h1-3H. The summed E-state index contributed by atoms with van der Waals surface area (Å²) in [4.78, 5) is 13.5. The molecule has 0 amide bonds. The Balaban J connectivity index is 2.68. The Morgan fingerprint density at radius 1 is 1.25 bits per heavy atom. The van der Waals surface area contributed by atoms with Crippen LogP contribution in [0.3, 0.4) is 0 Å². The molecule has 0 saturated heterocycles. The van der Waals surface area contributed by atoms with Crippen molar-refractivity contribution < 1.29 is 0 Å². The molecule has 0 N–H and O–H groups in total. The number of thiazole rings is 1. The molecular formula is C7H3N3S2. The Bertz CT molecular complexity index is 539. The Kier molecular flexibility index (Phi) is 1.19. The first kappa shape index (κ1) is 6.45. The summed E-state index contributed by atoms with van der Waals surface area (Å²) < 4.78 is 2.30. The minimum absolute atomic E-state index is 1.03. The fourth-order valence-electron chi connectivity index (χ4n) is 1.13. The second kappa shape index (κ2) is 2.21. The number of rotatable bonds is 0. The molecule has 0 atom stereocenters. The van der Waals surface area contributed by atoms with Crippen molar-refractivity contribution in [2.24, 2.45) is 0 Å². The van der Waals surface area contributed by atoms with Gasteiger partial charge in [-0.25, -0.2) is 15.0 Å².